The Morgan fingerprint density at radius 2 is 2.14 bits per heavy atom. The molecule has 0 aliphatic rings. The van der Waals surface area contributed by atoms with Crippen LogP contribution in [0.5, 0.6) is 0 Å². The van der Waals surface area contributed by atoms with Crippen LogP contribution in [0, 0.1) is 17.2 Å². The van der Waals surface area contributed by atoms with Crippen molar-refractivity contribution in [2.45, 2.75) is 31.0 Å². The van der Waals surface area contributed by atoms with E-state index < -0.39 is 0 Å². The van der Waals surface area contributed by atoms with Gasteiger partial charge in [0.1, 0.15) is 11.1 Å². The normalized spacial score (nSPS) is 12.5. The van der Waals surface area contributed by atoms with Crippen molar-refractivity contribution in [2.24, 2.45) is 5.92 Å². The van der Waals surface area contributed by atoms with Gasteiger partial charge in [-0.25, -0.2) is 0 Å². The van der Waals surface area contributed by atoms with Gasteiger partial charge >= 0.3 is 0 Å². The van der Waals surface area contributed by atoms with E-state index in [0.29, 0.717) is 16.7 Å². The Bertz CT molecular complexity index is 343. The van der Waals surface area contributed by atoms with Crippen LogP contribution in [0.2, 0.25) is 0 Å². The highest BCUT2D eigenvalue weighted by Gasteiger charge is 2.10. The minimum Gasteiger partial charge on any atom is -0.192 e. The Kier molecular flexibility index (Phi) is 3.90. The van der Waals surface area contributed by atoms with E-state index in [0.717, 1.165) is 5.03 Å². The molecule has 0 aliphatic carbocycles. The number of aromatic nitrogens is 2. The fourth-order valence-electron chi connectivity index (χ4n) is 0.792. The summed E-state index contributed by atoms with van der Waals surface area (Å²) in [4.78, 5) is 0. The molecule has 0 N–H and O–H groups in total. The number of nitriles is 1. The molecule has 74 valence electrons. The van der Waals surface area contributed by atoms with Gasteiger partial charge in [0.2, 0.25) is 0 Å². The van der Waals surface area contributed by atoms with Gasteiger partial charge in [-0.1, -0.05) is 20.8 Å². The predicted molar refractivity (Wildman–Crippen MR) is 56.9 cm³/mol. The lowest BCUT2D eigenvalue weighted by atomic mass is 10.2. The highest BCUT2D eigenvalue weighted by molar-refractivity contribution is 7.99. The Labute approximate surface area is 88.5 Å². The molecule has 0 amide bonds. The number of rotatable bonds is 3. The Hall–Kier alpha value is -1.08. The standard InChI is InChI=1S/C10H13N3S/c1-7(2)8(3)14-10-4-9(5-11)6-12-13-10/h4,6-8H,1-3H3. The highest BCUT2D eigenvalue weighted by Crippen LogP contribution is 2.25. The summed E-state index contributed by atoms with van der Waals surface area (Å²) in [6.45, 7) is 6.48. The van der Waals surface area contributed by atoms with Crippen LogP contribution in [0.1, 0.15) is 26.3 Å². The summed E-state index contributed by atoms with van der Waals surface area (Å²) in [5.41, 5.74) is 0.568. The van der Waals surface area contributed by atoms with Gasteiger partial charge in [-0.2, -0.15) is 10.4 Å². The Morgan fingerprint density at radius 1 is 1.43 bits per heavy atom. The number of nitrogens with zero attached hydrogens (tertiary/aromatic N) is 3. The van der Waals surface area contributed by atoms with Crippen molar-refractivity contribution in [3.05, 3.63) is 17.8 Å². The van der Waals surface area contributed by atoms with E-state index in [1.807, 2.05) is 0 Å². The zero-order chi connectivity index (χ0) is 10.6. The van der Waals surface area contributed by atoms with Gasteiger partial charge in [-0.3, -0.25) is 0 Å². The molecule has 1 aromatic rings. The van der Waals surface area contributed by atoms with Gasteiger partial charge < -0.3 is 0 Å². The largest absolute Gasteiger partial charge is 0.192 e. The monoisotopic (exact) mass is 207 g/mol. The fourth-order valence-corrected chi connectivity index (χ4v) is 1.73. The molecular formula is C10H13N3S. The van der Waals surface area contributed by atoms with Crippen LogP contribution in [0.3, 0.4) is 0 Å². The minimum absolute atomic E-state index is 0.484. The molecule has 14 heavy (non-hydrogen) atoms. The van der Waals surface area contributed by atoms with E-state index in [2.05, 4.69) is 37.0 Å². The second-order valence-corrected chi connectivity index (χ2v) is 4.86. The van der Waals surface area contributed by atoms with E-state index in [4.69, 9.17) is 5.26 Å². The van der Waals surface area contributed by atoms with E-state index >= 15 is 0 Å². The van der Waals surface area contributed by atoms with Crippen LogP contribution >= 0.6 is 11.8 Å². The zero-order valence-corrected chi connectivity index (χ0v) is 9.38. The van der Waals surface area contributed by atoms with Crippen LogP contribution in [0.4, 0.5) is 0 Å². The first-order valence-electron chi connectivity index (χ1n) is 4.53. The van der Waals surface area contributed by atoms with Crippen LogP contribution < -0.4 is 0 Å². The van der Waals surface area contributed by atoms with Gasteiger partial charge in [0.25, 0.3) is 0 Å². The van der Waals surface area contributed by atoms with Crippen molar-refractivity contribution in [3.63, 3.8) is 0 Å². The molecule has 1 unspecified atom stereocenters. The summed E-state index contributed by atoms with van der Waals surface area (Å²) < 4.78 is 0. The van der Waals surface area contributed by atoms with Gasteiger partial charge in [0.15, 0.2) is 0 Å². The average molecular weight is 207 g/mol. The molecule has 0 fully saturated rings. The van der Waals surface area contributed by atoms with E-state index in [9.17, 15) is 0 Å². The molecule has 1 heterocycles. The summed E-state index contributed by atoms with van der Waals surface area (Å²) in [5, 5.41) is 17.7. The van der Waals surface area contributed by atoms with E-state index in [1.165, 1.54) is 6.20 Å². The smallest absolute Gasteiger partial charge is 0.120 e. The third-order valence-corrected chi connectivity index (χ3v) is 3.36. The van der Waals surface area contributed by atoms with Crippen LogP contribution in [0.15, 0.2) is 17.3 Å². The SMILES string of the molecule is CC(C)C(C)Sc1cc(C#N)cnn1. The highest BCUT2D eigenvalue weighted by atomic mass is 32.2. The lowest BCUT2D eigenvalue weighted by Gasteiger charge is -2.13. The third-order valence-electron chi connectivity index (χ3n) is 2.01. The second-order valence-electron chi connectivity index (χ2n) is 3.46. The van der Waals surface area contributed by atoms with Crippen molar-refractivity contribution in [1.29, 1.82) is 5.26 Å². The van der Waals surface area contributed by atoms with Gasteiger partial charge in [-0.15, -0.1) is 16.9 Å². The molecule has 0 saturated heterocycles. The zero-order valence-electron chi connectivity index (χ0n) is 8.56. The van der Waals surface area contributed by atoms with E-state index in [-0.39, 0.29) is 0 Å². The molecule has 3 nitrogen and oxygen atoms in total. The van der Waals surface area contributed by atoms with Crippen LogP contribution in [-0.4, -0.2) is 15.4 Å². The summed E-state index contributed by atoms with van der Waals surface area (Å²) >= 11 is 1.66. The van der Waals surface area contributed by atoms with Crippen molar-refractivity contribution in [3.8, 4) is 6.07 Å². The van der Waals surface area contributed by atoms with E-state index in [1.54, 1.807) is 17.8 Å². The molecule has 1 atom stereocenters. The maximum atomic E-state index is 8.68. The topological polar surface area (TPSA) is 49.6 Å². The van der Waals surface area contributed by atoms with Crippen molar-refractivity contribution < 1.29 is 0 Å². The molecule has 0 bridgehead atoms. The van der Waals surface area contributed by atoms with Crippen molar-refractivity contribution >= 4 is 11.8 Å². The quantitative estimate of drug-likeness (QED) is 0.714. The fraction of sp³-hybridized carbons (Fsp3) is 0.500. The maximum Gasteiger partial charge on any atom is 0.120 e. The summed E-state index contributed by atoms with van der Waals surface area (Å²) in [7, 11) is 0. The Morgan fingerprint density at radius 3 is 2.71 bits per heavy atom. The summed E-state index contributed by atoms with van der Waals surface area (Å²) in [6, 6.07) is 3.83. The predicted octanol–water partition coefficient (Wildman–Crippen LogP) is 2.48. The molecule has 1 aromatic heterocycles. The molecule has 4 heteroatoms. The first-order valence-corrected chi connectivity index (χ1v) is 5.41. The molecule has 0 saturated carbocycles. The average Bonchev–Trinajstić information content (AvgIpc) is 2.18. The van der Waals surface area contributed by atoms with Gasteiger partial charge in [0, 0.05) is 5.25 Å². The molecule has 1 rings (SSSR count). The molecule has 0 aliphatic heterocycles. The van der Waals surface area contributed by atoms with Crippen molar-refractivity contribution in [1.82, 2.24) is 10.2 Å². The van der Waals surface area contributed by atoms with Crippen LogP contribution in [0.25, 0.3) is 0 Å². The molecule has 0 radical (unpaired) electrons. The van der Waals surface area contributed by atoms with Crippen LogP contribution in [-0.2, 0) is 0 Å². The summed E-state index contributed by atoms with van der Waals surface area (Å²) in [5.74, 6) is 0.590. The second kappa shape index (κ2) is 4.97. The molecule has 0 aromatic carbocycles. The molecular weight excluding hydrogens is 194 g/mol. The van der Waals surface area contributed by atoms with Gasteiger partial charge in [0.05, 0.1) is 11.8 Å². The lowest BCUT2D eigenvalue weighted by molar-refractivity contribution is 0.641. The number of thioether (sulfide) groups is 1. The number of hydrogen-bond donors (Lipinski definition) is 0. The van der Waals surface area contributed by atoms with Gasteiger partial charge in [-0.05, 0) is 12.0 Å². The van der Waals surface area contributed by atoms with Crippen molar-refractivity contribution in [2.75, 3.05) is 0 Å². The third kappa shape index (κ3) is 3.00. The number of hydrogen-bond acceptors (Lipinski definition) is 4. The summed E-state index contributed by atoms with van der Waals surface area (Å²) in [6.07, 6.45) is 1.48. The minimum atomic E-state index is 0.484. The first kappa shape index (κ1) is 11.0. The first-order chi connectivity index (χ1) is 6.63. The molecule has 0 spiro atoms. The maximum absolute atomic E-state index is 8.68. The lowest BCUT2D eigenvalue weighted by Crippen LogP contribution is -2.06. The Balaban J connectivity index is 2.73.